The van der Waals surface area contributed by atoms with E-state index in [1.54, 1.807) is 0 Å². The third-order valence-electron chi connectivity index (χ3n) is 3.34. The van der Waals surface area contributed by atoms with Crippen molar-refractivity contribution < 1.29 is 5.11 Å². The molecule has 12 heavy (non-hydrogen) atoms. The number of hydrogen-bond donors (Lipinski definition) is 1. The van der Waals surface area contributed by atoms with Gasteiger partial charge in [-0.25, -0.2) is 0 Å². The summed E-state index contributed by atoms with van der Waals surface area (Å²) in [4.78, 5) is 2.55. The lowest BCUT2D eigenvalue weighted by Crippen LogP contribution is -2.42. The van der Waals surface area contributed by atoms with Crippen molar-refractivity contribution in [3.8, 4) is 0 Å². The summed E-state index contributed by atoms with van der Waals surface area (Å²) < 4.78 is 0. The highest BCUT2D eigenvalue weighted by molar-refractivity contribution is 5.08. The first-order valence-electron chi connectivity index (χ1n) is 4.91. The van der Waals surface area contributed by atoms with Crippen LogP contribution in [-0.4, -0.2) is 34.7 Å². The Hall–Kier alpha value is -0.0800. The Morgan fingerprint density at radius 2 is 2.08 bits per heavy atom. The number of rotatable bonds is 1. The van der Waals surface area contributed by atoms with Crippen molar-refractivity contribution >= 4 is 0 Å². The first kappa shape index (κ1) is 8.52. The summed E-state index contributed by atoms with van der Waals surface area (Å²) in [5.74, 6) is 1.38. The number of likely N-dealkylation sites (tertiary alicyclic amines) is 1. The molecule has 2 aliphatic rings. The molecule has 1 N–H and O–H groups in total. The largest absolute Gasteiger partial charge is 0.396 e. The molecule has 1 aliphatic heterocycles. The highest BCUT2D eigenvalue weighted by atomic mass is 16.3. The molecule has 70 valence electrons. The Kier molecular flexibility index (Phi) is 1.74. The van der Waals surface area contributed by atoms with Gasteiger partial charge < -0.3 is 5.11 Å². The van der Waals surface area contributed by atoms with Crippen molar-refractivity contribution in [1.29, 1.82) is 0 Å². The van der Waals surface area contributed by atoms with Crippen LogP contribution < -0.4 is 0 Å². The molecule has 0 aromatic heterocycles. The third-order valence-corrected chi connectivity index (χ3v) is 3.34. The lowest BCUT2D eigenvalue weighted by atomic mass is 10.0. The predicted molar refractivity (Wildman–Crippen MR) is 48.9 cm³/mol. The molecule has 2 heteroatoms. The van der Waals surface area contributed by atoms with Gasteiger partial charge in [-0.15, -0.1) is 0 Å². The van der Waals surface area contributed by atoms with E-state index in [0.717, 1.165) is 18.5 Å². The van der Waals surface area contributed by atoms with Crippen molar-refractivity contribution in [3.05, 3.63) is 0 Å². The van der Waals surface area contributed by atoms with Gasteiger partial charge in [-0.1, -0.05) is 0 Å². The molecule has 3 atom stereocenters. The fourth-order valence-corrected chi connectivity index (χ4v) is 2.55. The zero-order valence-corrected chi connectivity index (χ0v) is 8.25. The van der Waals surface area contributed by atoms with E-state index < -0.39 is 0 Å². The summed E-state index contributed by atoms with van der Waals surface area (Å²) in [6, 6.07) is 0.794. The molecule has 0 aromatic rings. The summed E-state index contributed by atoms with van der Waals surface area (Å²) >= 11 is 0. The highest BCUT2D eigenvalue weighted by Crippen LogP contribution is 2.50. The minimum atomic E-state index is 0.295. The van der Waals surface area contributed by atoms with Gasteiger partial charge in [0.2, 0.25) is 0 Å². The molecule has 1 aliphatic carbocycles. The SMILES string of the molecule is CC(C)(C)N1CC(CO)C2CC21. The molecule has 0 amide bonds. The van der Waals surface area contributed by atoms with Crippen molar-refractivity contribution in [2.24, 2.45) is 11.8 Å². The second-order valence-corrected chi connectivity index (χ2v) is 5.23. The Morgan fingerprint density at radius 1 is 1.42 bits per heavy atom. The minimum absolute atomic E-state index is 0.295. The molecule has 0 spiro atoms. The van der Waals surface area contributed by atoms with Crippen molar-refractivity contribution in [2.75, 3.05) is 13.2 Å². The van der Waals surface area contributed by atoms with Gasteiger partial charge in [-0.3, -0.25) is 4.90 Å². The van der Waals surface area contributed by atoms with E-state index in [2.05, 4.69) is 25.7 Å². The number of piperidine rings is 1. The fraction of sp³-hybridized carbons (Fsp3) is 1.00. The van der Waals surface area contributed by atoms with E-state index in [4.69, 9.17) is 5.11 Å². The lowest BCUT2D eigenvalue weighted by Gasteiger charge is -2.34. The molecule has 0 aromatic carbocycles. The van der Waals surface area contributed by atoms with E-state index in [0.29, 0.717) is 18.1 Å². The molecule has 2 nitrogen and oxygen atoms in total. The van der Waals surface area contributed by atoms with Crippen LogP contribution in [-0.2, 0) is 0 Å². The number of nitrogens with zero attached hydrogens (tertiary/aromatic N) is 1. The summed E-state index contributed by atoms with van der Waals surface area (Å²) in [6.07, 6.45) is 1.32. The second-order valence-electron chi connectivity index (χ2n) is 5.23. The standard InChI is InChI=1S/C10H19NO/c1-10(2,3)11-5-7(6-12)8-4-9(8)11/h7-9,12H,4-6H2,1-3H3. The first-order chi connectivity index (χ1) is 5.54. The Bertz CT molecular complexity index is 185. The van der Waals surface area contributed by atoms with Crippen molar-refractivity contribution in [2.45, 2.75) is 38.8 Å². The molecule has 3 unspecified atom stereocenters. The van der Waals surface area contributed by atoms with Gasteiger partial charge in [0.1, 0.15) is 0 Å². The molecule has 0 bridgehead atoms. The molecular weight excluding hydrogens is 150 g/mol. The van der Waals surface area contributed by atoms with Gasteiger partial charge in [-0.05, 0) is 39.0 Å². The van der Waals surface area contributed by atoms with Gasteiger partial charge >= 0.3 is 0 Å². The van der Waals surface area contributed by atoms with Crippen LogP contribution in [0.4, 0.5) is 0 Å². The Balaban J connectivity index is 2.04. The molecule has 0 radical (unpaired) electrons. The normalized spacial score (nSPS) is 41.5. The molecule has 1 saturated carbocycles. The smallest absolute Gasteiger partial charge is 0.0474 e. The quantitative estimate of drug-likeness (QED) is 0.635. The predicted octanol–water partition coefficient (Wildman–Crippen LogP) is 1.10. The first-order valence-corrected chi connectivity index (χ1v) is 4.91. The fourth-order valence-electron chi connectivity index (χ4n) is 2.55. The van der Waals surface area contributed by atoms with Crippen LogP contribution in [0.25, 0.3) is 0 Å². The van der Waals surface area contributed by atoms with Crippen molar-refractivity contribution in [3.63, 3.8) is 0 Å². The van der Waals surface area contributed by atoms with Gasteiger partial charge in [0.05, 0.1) is 0 Å². The van der Waals surface area contributed by atoms with Crippen LogP contribution in [0.15, 0.2) is 0 Å². The summed E-state index contributed by atoms with van der Waals surface area (Å²) in [6.45, 7) is 8.29. The van der Waals surface area contributed by atoms with Crippen molar-refractivity contribution in [1.82, 2.24) is 4.90 Å². The maximum Gasteiger partial charge on any atom is 0.0474 e. The topological polar surface area (TPSA) is 23.5 Å². The molecule has 1 saturated heterocycles. The van der Waals surface area contributed by atoms with E-state index in [1.165, 1.54) is 6.42 Å². The minimum Gasteiger partial charge on any atom is -0.396 e. The van der Waals surface area contributed by atoms with Crippen LogP contribution in [0, 0.1) is 11.8 Å². The summed E-state index contributed by atoms with van der Waals surface area (Å²) in [7, 11) is 0. The summed E-state index contributed by atoms with van der Waals surface area (Å²) in [5.41, 5.74) is 0.295. The Morgan fingerprint density at radius 3 is 2.42 bits per heavy atom. The average Bonchev–Trinajstić information content (AvgIpc) is 2.63. The zero-order chi connectivity index (χ0) is 8.93. The zero-order valence-electron chi connectivity index (χ0n) is 8.25. The Labute approximate surface area is 74.6 Å². The second kappa shape index (κ2) is 2.46. The monoisotopic (exact) mass is 169 g/mol. The van der Waals surface area contributed by atoms with Crippen LogP contribution in [0.3, 0.4) is 0 Å². The number of hydrogen-bond acceptors (Lipinski definition) is 2. The van der Waals surface area contributed by atoms with Gasteiger partial charge in [-0.2, -0.15) is 0 Å². The molecule has 2 rings (SSSR count). The number of fused-ring (bicyclic) bond motifs is 1. The third kappa shape index (κ3) is 1.17. The maximum absolute atomic E-state index is 9.12. The molecule has 1 heterocycles. The lowest BCUT2D eigenvalue weighted by molar-refractivity contribution is 0.123. The van der Waals surface area contributed by atoms with E-state index in [-0.39, 0.29) is 0 Å². The number of aliphatic hydroxyl groups excluding tert-OH is 1. The van der Waals surface area contributed by atoms with Gasteiger partial charge in [0.15, 0.2) is 0 Å². The van der Waals surface area contributed by atoms with Crippen LogP contribution >= 0.6 is 0 Å². The van der Waals surface area contributed by atoms with E-state index in [9.17, 15) is 0 Å². The van der Waals surface area contributed by atoms with Crippen LogP contribution in [0.1, 0.15) is 27.2 Å². The number of aliphatic hydroxyl groups is 1. The average molecular weight is 169 g/mol. The van der Waals surface area contributed by atoms with Gasteiger partial charge in [0.25, 0.3) is 0 Å². The highest BCUT2D eigenvalue weighted by Gasteiger charge is 2.55. The molecule has 2 fully saturated rings. The summed E-state index contributed by atoms with van der Waals surface area (Å²) in [5, 5.41) is 9.12. The van der Waals surface area contributed by atoms with Crippen LogP contribution in [0.5, 0.6) is 0 Å². The van der Waals surface area contributed by atoms with Gasteiger partial charge in [0, 0.05) is 24.7 Å². The van der Waals surface area contributed by atoms with Crippen LogP contribution in [0.2, 0.25) is 0 Å². The molecular formula is C10H19NO. The van der Waals surface area contributed by atoms with E-state index in [1.807, 2.05) is 0 Å². The van der Waals surface area contributed by atoms with E-state index >= 15 is 0 Å². The maximum atomic E-state index is 9.12.